The molecule has 1 unspecified atom stereocenters. The standard InChI is InChI=1S/C27H31N3O4/c1-4-18-34-26-20(10-9-14-24(26)33-3)15-16-25(31)29-23-13-6-5-12-22(23)27(32)28-19-21-11-7-8-17-30(21)2/h5-6,9-10,12-16,21H,7-8,11,17,19H2,1-3H3,(H,28,32)(H,29,31)/b16-15+. The third-order valence-corrected chi connectivity index (χ3v) is 5.75. The topological polar surface area (TPSA) is 79.9 Å². The summed E-state index contributed by atoms with van der Waals surface area (Å²) in [5.74, 6) is 3.03. The van der Waals surface area contributed by atoms with Gasteiger partial charge in [-0.05, 0) is 50.7 Å². The van der Waals surface area contributed by atoms with Gasteiger partial charge < -0.3 is 25.0 Å². The predicted molar refractivity (Wildman–Crippen MR) is 134 cm³/mol. The zero-order valence-corrected chi connectivity index (χ0v) is 19.9. The van der Waals surface area contributed by atoms with Crippen molar-refractivity contribution in [3.63, 3.8) is 0 Å². The van der Waals surface area contributed by atoms with Gasteiger partial charge >= 0.3 is 0 Å². The van der Waals surface area contributed by atoms with Crippen LogP contribution in [0.1, 0.15) is 42.1 Å². The number of hydrogen-bond acceptors (Lipinski definition) is 5. The number of ether oxygens (including phenoxy) is 2. The van der Waals surface area contributed by atoms with Crippen LogP contribution in [0, 0.1) is 12.0 Å². The predicted octanol–water partition coefficient (Wildman–Crippen LogP) is 3.92. The third-order valence-electron chi connectivity index (χ3n) is 5.75. The van der Waals surface area contributed by atoms with Crippen molar-refractivity contribution in [1.29, 1.82) is 0 Å². The lowest BCUT2D eigenvalue weighted by molar-refractivity contribution is -0.111. The fourth-order valence-electron chi connectivity index (χ4n) is 3.87. The number of likely N-dealkylation sites (N-methyl/N-ethyl adjacent to an activating group) is 1. The Balaban J connectivity index is 1.68. The van der Waals surface area contributed by atoms with Crippen molar-refractivity contribution in [1.82, 2.24) is 10.2 Å². The second-order valence-electron chi connectivity index (χ2n) is 8.04. The summed E-state index contributed by atoms with van der Waals surface area (Å²) in [4.78, 5) is 27.8. The van der Waals surface area contributed by atoms with E-state index < -0.39 is 0 Å². The minimum Gasteiger partial charge on any atom is -0.493 e. The summed E-state index contributed by atoms with van der Waals surface area (Å²) in [6, 6.07) is 12.7. The molecule has 7 heteroatoms. The first-order valence-electron chi connectivity index (χ1n) is 11.4. The van der Waals surface area contributed by atoms with Crippen LogP contribution in [0.3, 0.4) is 0 Å². The first-order chi connectivity index (χ1) is 16.5. The van der Waals surface area contributed by atoms with Gasteiger partial charge in [-0.15, -0.1) is 0 Å². The summed E-state index contributed by atoms with van der Waals surface area (Å²) >= 11 is 0. The first kappa shape index (κ1) is 24.9. The Morgan fingerprint density at radius 3 is 2.76 bits per heavy atom. The summed E-state index contributed by atoms with van der Waals surface area (Å²) in [5, 5.41) is 5.82. The minimum atomic E-state index is -0.373. The molecule has 1 heterocycles. The fraction of sp³-hybridized carbons (Fsp3) is 0.333. The van der Waals surface area contributed by atoms with Gasteiger partial charge in [-0.2, -0.15) is 0 Å². The van der Waals surface area contributed by atoms with E-state index in [1.807, 2.05) is 0 Å². The van der Waals surface area contributed by atoms with E-state index in [-0.39, 0.29) is 11.8 Å². The maximum absolute atomic E-state index is 12.8. The average Bonchev–Trinajstić information content (AvgIpc) is 2.86. The number of likely N-dealkylation sites (tertiary alicyclic amines) is 1. The zero-order valence-electron chi connectivity index (χ0n) is 19.9. The number of piperidine rings is 1. The molecule has 3 rings (SSSR count). The molecule has 2 amide bonds. The van der Waals surface area contributed by atoms with Crippen LogP contribution < -0.4 is 20.1 Å². The maximum atomic E-state index is 12.8. The number of nitrogens with zero attached hydrogens (tertiary/aromatic N) is 1. The monoisotopic (exact) mass is 461 g/mol. The van der Waals surface area contributed by atoms with E-state index >= 15 is 0 Å². The third kappa shape index (κ3) is 6.63. The molecule has 0 bridgehead atoms. The normalized spacial score (nSPS) is 15.8. The Bertz CT molecular complexity index is 1100. The molecule has 2 aromatic carbocycles. The molecule has 1 aliphatic heterocycles. The zero-order chi connectivity index (χ0) is 24.3. The van der Waals surface area contributed by atoms with Gasteiger partial charge in [0.2, 0.25) is 5.91 Å². The highest BCUT2D eigenvalue weighted by Gasteiger charge is 2.20. The van der Waals surface area contributed by atoms with Crippen molar-refractivity contribution < 1.29 is 19.1 Å². The van der Waals surface area contributed by atoms with Gasteiger partial charge in [0.15, 0.2) is 11.5 Å². The van der Waals surface area contributed by atoms with Crippen LogP contribution in [-0.4, -0.2) is 50.0 Å². The van der Waals surface area contributed by atoms with Crippen LogP contribution in [-0.2, 0) is 4.79 Å². The average molecular weight is 462 g/mol. The molecule has 7 nitrogen and oxygen atoms in total. The maximum Gasteiger partial charge on any atom is 0.253 e. The molecule has 0 radical (unpaired) electrons. The van der Waals surface area contributed by atoms with Crippen molar-refractivity contribution in [2.45, 2.75) is 32.2 Å². The number of para-hydroxylation sites is 2. The van der Waals surface area contributed by atoms with E-state index in [4.69, 9.17) is 9.47 Å². The number of methoxy groups -OCH3 is 1. The van der Waals surface area contributed by atoms with E-state index in [0.717, 1.165) is 13.0 Å². The Morgan fingerprint density at radius 2 is 2.00 bits per heavy atom. The number of amides is 2. The van der Waals surface area contributed by atoms with Gasteiger partial charge in [0.25, 0.3) is 5.91 Å². The van der Waals surface area contributed by atoms with Crippen molar-refractivity contribution >= 4 is 23.6 Å². The van der Waals surface area contributed by atoms with Gasteiger partial charge in [-0.3, -0.25) is 9.59 Å². The Morgan fingerprint density at radius 1 is 1.18 bits per heavy atom. The number of carbonyl (C=O) groups is 2. The van der Waals surface area contributed by atoms with E-state index in [1.165, 1.54) is 26.0 Å². The highest BCUT2D eigenvalue weighted by Crippen LogP contribution is 2.31. The summed E-state index contributed by atoms with van der Waals surface area (Å²) in [5.41, 5.74) is 1.51. The van der Waals surface area contributed by atoms with E-state index in [2.05, 4.69) is 34.6 Å². The lowest BCUT2D eigenvalue weighted by Gasteiger charge is -2.32. The van der Waals surface area contributed by atoms with Crippen LogP contribution in [0.15, 0.2) is 48.5 Å². The van der Waals surface area contributed by atoms with Crippen LogP contribution in [0.2, 0.25) is 0 Å². The van der Waals surface area contributed by atoms with Gasteiger partial charge in [0.05, 0.1) is 18.4 Å². The molecule has 2 N–H and O–H groups in total. The van der Waals surface area contributed by atoms with E-state index in [1.54, 1.807) is 55.5 Å². The Labute approximate surface area is 201 Å². The highest BCUT2D eigenvalue weighted by molar-refractivity contribution is 6.07. The van der Waals surface area contributed by atoms with Crippen LogP contribution in [0.5, 0.6) is 11.5 Å². The number of benzene rings is 2. The van der Waals surface area contributed by atoms with Crippen molar-refractivity contribution in [2.24, 2.45) is 0 Å². The summed E-state index contributed by atoms with van der Waals surface area (Å²) < 4.78 is 10.8. The molecule has 34 heavy (non-hydrogen) atoms. The van der Waals surface area contributed by atoms with Gasteiger partial charge in [0, 0.05) is 31.1 Å². The quantitative estimate of drug-likeness (QED) is 0.460. The molecule has 2 aromatic rings. The molecule has 1 atom stereocenters. The van der Waals surface area contributed by atoms with E-state index in [0.29, 0.717) is 40.9 Å². The number of rotatable bonds is 8. The van der Waals surface area contributed by atoms with Crippen LogP contribution in [0.4, 0.5) is 5.69 Å². The van der Waals surface area contributed by atoms with Gasteiger partial charge in [-0.1, -0.05) is 36.6 Å². The molecule has 1 saturated heterocycles. The summed E-state index contributed by atoms with van der Waals surface area (Å²) in [6.07, 6.45) is 8.99. The minimum absolute atomic E-state index is 0.208. The molecule has 0 aliphatic carbocycles. The van der Waals surface area contributed by atoms with Crippen LogP contribution >= 0.6 is 0 Å². The Kier molecular flexibility index (Phi) is 9.12. The second-order valence-corrected chi connectivity index (χ2v) is 8.04. The van der Waals surface area contributed by atoms with Crippen molar-refractivity contribution in [3.8, 4) is 23.5 Å². The molecular formula is C27H31N3O4. The second kappa shape index (κ2) is 12.5. The van der Waals surface area contributed by atoms with Crippen molar-refractivity contribution in [2.75, 3.05) is 32.6 Å². The fourth-order valence-corrected chi connectivity index (χ4v) is 3.87. The Hall–Kier alpha value is -3.76. The highest BCUT2D eigenvalue weighted by atomic mass is 16.5. The van der Waals surface area contributed by atoms with E-state index in [9.17, 15) is 9.59 Å². The molecule has 0 saturated carbocycles. The van der Waals surface area contributed by atoms with Crippen molar-refractivity contribution in [3.05, 3.63) is 59.7 Å². The lowest BCUT2D eigenvalue weighted by atomic mass is 10.0. The molecule has 0 spiro atoms. The molecule has 1 aliphatic rings. The first-order valence-corrected chi connectivity index (χ1v) is 11.4. The molecule has 1 fully saturated rings. The molecule has 178 valence electrons. The molecular weight excluding hydrogens is 430 g/mol. The largest absolute Gasteiger partial charge is 0.493 e. The summed E-state index contributed by atoms with van der Waals surface area (Å²) in [6.45, 7) is 3.29. The number of nitrogens with one attached hydrogen (secondary N) is 2. The lowest BCUT2D eigenvalue weighted by Crippen LogP contribution is -2.44. The van der Waals surface area contributed by atoms with Gasteiger partial charge in [-0.25, -0.2) is 0 Å². The molecule has 0 aromatic heterocycles. The van der Waals surface area contributed by atoms with Gasteiger partial charge in [0.1, 0.15) is 6.11 Å². The van der Waals surface area contributed by atoms with Crippen LogP contribution in [0.25, 0.3) is 6.08 Å². The number of anilines is 1. The SMILES string of the molecule is CC#COc1c(/C=C/C(=O)Nc2ccccc2C(=O)NCC2CCCCN2C)cccc1OC. The number of carbonyl (C=O) groups excluding carboxylic acids is 2. The summed E-state index contributed by atoms with van der Waals surface area (Å²) in [7, 11) is 3.63. The number of hydrogen-bond donors (Lipinski definition) is 2. The smallest absolute Gasteiger partial charge is 0.253 e.